The summed E-state index contributed by atoms with van der Waals surface area (Å²) in [6.07, 6.45) is 2.28. The van der Waals surface area contributed by atoms with E-state index in [4.69, 9.17) is 10.5 Å². The van der Waals surface area contributed by atoms with Gasteiger partial charge in [-0.05, 0) is 18.8 Å². The number of hydrogen-bond acceptors (Lipinski definition) is 7. The second-order valence-corrected chi connectivity index (χ2v) is 5.38. The van der Waals surface area contributed by atoms with E-state index in [0.717, 1.165) is 26.1 Å². The van der Waals surface area contributed by atoms with Crippen LogP contribution < -0.4 is 16.0 Å². The molecule has 3 N–H and O–H groups in total. The molecule has 0 radical (unpaired) electrons. The third-order valence-electron chi connectivity index (χ3n) is 3.18. The van der Waals surface area contributed by atoms with E-state index < -0.39 is 0 Å². The number of morpholine rings is 1. The van der Waals surface area contributed by atoms with Gasteiger partial charge >= 0.3 is 0 Å². The molecule has 1 aromatic rings. The van der Waals surface area contributed by atoms with Gasteiger partial charge in [0.25, 0.3) is 0 Å². The normalized spacial score (nSPS) is 15.7. The predicted octanol–water partition coefficient (Wildman–Crippen LogP) is 1.14. The Morgan fingerprint density at radius 3 is 2.70 bits per heavy atom. The Kier molecular flexibility index (Phi) is 5.34. The first-order valence-electron chi connectivity index (χ1n) is 7.23. The van der Waals surface area contributed by atoms with Crippen molar-refractivity contribution in [2.24, 2.45) is 5.92 Å². The summed E-state index contributed by atoms with van der Waals surface area (Å²) >= 11 is 0. The van der Waals surface area contributed by atoms with Gasteiger partial charge in [0.05, 0.1) is 13.2 Å². The SMILES string of the molecule is CC(C)CCCNc1nc(N)nc(N2CCOCC2)n1. The van der Waals surface area contributed by atoms with Gasteiger partial charge in [-0.2, -0.15) is 15.0 Å². The van der Waals surface area contributed by atoms with Gasteiger partial charge in [0.15, 0.2) is 0 Å². The molecule has 2 heterocycles. The van der Waals surface area contributed by atoms with Crippen molar-refractivity contribution in [1.82, 2.24) is 15.0 Å². The molecule has 0 spiro atoms. The number of hydrogen-bond donors (Lipinski definition) is 2. The smallest absolute Gasteiger partial charge is 0.232 e. The largest absolute Gasteiger partial charge is 0.378 e. The molecule has 20 heavy (non-hydrogen) atoms. The van der Waals surface area contributed by atoms with E-state index in [1.54, 1.807) is 0 Å². The number of ether oxygens (including phenoxy) is 1. The van der Waals surface area contributed by atoms with Crippen molar-refractivity contribution in [3.05, 3.63) is 0 Å². The fourth-order valence-corrected chi connectivity index (χ4v) is 2.08. The van der Waals surface area contributed by atoms with Crippen molar-refractivity contribution in [3.8, 4) is 0 Å². The molecular formula is C13H24N6O. The Morgan fingerprint density at radius 1 is 1.25 bits per heavy atom. The van der Waals surface area contributed by atoms with Crippen LogP contribution in [0.2, 0.25) is 0 Å². The summed E-state index contributed by atoms with van der Waals surface area (Å²) in [5.74, 6) is 2.16. The monoisotopic (exact) mass is 280 g/mol. The minimum Gasteiger partial charge on any atom is -0.378 e. The van der Waals surface area contributed by atoms with E-state index in [-0.39, 0.29) is 5.95 Å². The zero-order valence-corrected chi connectivity index (χ0v) is 12.3. The molecule has 1 saturated heterocycles. The number of nitrogens with one attached hydrogen (secondary N) is 1. The van der Waals surface area contributed by atoms with Gasteiger partial charge in [-0.25, -0.2) is 0 Å². The zero-order valence-electron chi connectivity index (χ0n) is 12.3. The number of nitrogens with zero attached hydrogens (tertiary/aromatic N) is 4. The lowest BCUT2D eigenvalue weighted by Crippen LogP contribution is -2.37. The molecule has 1 aliphatic heterocycles. The van der Waals surface area contributed by atoms with E-state index in [0.29, 0.717) is 31.0 Å². The maximum Gasteiger partial charge on any atom is 0.232 e. The van der Waals surface area contributed by atoms with Crippen LogP contribution >= 0.6 is 0 Å². The van der Waals surface area contributed by atoms with Gasteiger partial charge in [-0.3, -0.25) is 0 Å². The first kappa shape index (κ1) is 14.8. The number of anilines is 3. The van der Waals surface area contributed by atoms with Crippen LogP contribution in [0.4, 0.5) is 17.8 Å². The Balaban J connectivity index is 1.93. The van der Waals surface area contributed by atoms with E-state index in [9.17, 15) is 0 Å². The third kappa shape index (κ3) is 4.48. The molecule has 0 saturated carbocycles. The molecule has 0 bridgehead atoms. The number of nitrogen functional groups attached to an aromatic ring is 1. The molecular weight excluding hydrogens is 256 g/mol. The average Bonchev–Trinajstić information content (AvgIpc) is 2.44. The van der Waals surface area contributed by atoms with Gasteiger partial charge < -0.3 is 20.7 Å². The summed E-state index contributed by atoms with van der Waals surface area (Å²) in [5.41, 5.74) is 5.76. The lowest BCUT2D eigenvalue weighted by molar-refractivity contribution is 0.122. The molecule has 112 valence electrons. The third-order valence-corrected chi connectivity index (χ3v) is 3.18. The first-order chi connectivity index (χ1) is 9.65. The van der Waals surface area contributed by atoms with Crippen LogP contribution in [0.15, 0.2) is 0 Å². The molecule has 1 fully saturated rings. The van der Waals surface area contributed by atoms with Gasteiger partial charge in [0.1, 0.15) is 0 Å². The number of rotatable bonds is 6. The van der Waals surface area contributed by atoms with Gasteiger partial charge in [-0.1, -0.05) is 13.8 Å². The van der Waals surface area contributed by atoms with Gasteiger partial charge in [0, 0.05) is 19.6 Å². The van der Waals surface area contributed by atoms with E-state index in [1.807, 2.05) is 0 Å². The zero-order chi connectivity index (χ0) is 14.4. The molecule has 0 aromatic carbocycles. The highest BCUT2D eigenvalue weighted by Crippen LogP contribution is 2.13. The van der Waals surface area contributed by atoms with Crippen molar-refractivity contribution in [1.29, 1.82) is 0 Å². The highest BCUT2D eigenvalue weighted by Gasteiger charge is 2.15. The second-order valence-electron chi connectivity index (χ2n) is 5.38. The van der Waals surface area contributed by atoms with Crippen LogP contribution in [0.1, 0.15) is 26.7 Å². The first-order valence-corrected chi connectivity index (χ1v) is 7.23. The fraction of sp³-hybridized carbons (Fsp3) is 0.769. The molecule has 0 aliphatic carbocycles. The van der Waals surface area contributed by atoms with Crippen LogP contribution in [0, 0.1) is 5.92 Å². The Labute approximate surface area is 119 Å². The molecule has 1 aromatic heterocycles. The van der Waals surface area contributed by atoms with Crippen molar-refractivity contribution < 1.29 is 4.74 Å². The summed E-state index contributed by atoms with van der Waals surface area (Å²) in [4.78, 5) is 14.8. The van der Waals surface area contributed by atoms with Crippen LogP contribution in [0.3, 0.4) is 0 Å². The maximum absolute atomic E-state index is 5.76. The average molecular weight is 280 g/mol. The molecule has 0 amide bonds. The Bertz CT molecular complexity index is 419. The van der Waals surface area contributed by atoms with Gasteiger partial charge in [0.2, 0.25) is 17.8 Å². The number of aromatic nitrogens is 3. The summed E-state index contributed by atoms with van der Waals surface area (Å²) in [6, 6.07) is 0. The minimum atomic E-state index is 0.257. The molecule has 0 atom stereocenters. The van der Waals surface area contributed by atoms with Crippen LogP contribution in [0.25, 0.3) is 0 Å². The highest BCUT2D eigenvalue weighted by molar-refractivity contribution is 5.42. The summed E-state index contributed by atoms with van der Waals surface area (Å²) in [7, 11) is 0. The molecule has 7 heteroatoms. The second kappa shape index (κ2) is 7.23. The molecule has 7 nitrogen and oxygen atoms in total. The van der Waals surface area contributed by atoms with Crippen LogP contribution in [-0.2, 0) is 4.74 Å². The molecule has 1 aliphatic rings. The van der Waals surface area contributed by atoms with Crippen LogP contribution in [0.5, 0.6) is 0 Å². The Morgan fingerprint density at radius 2 is 2.00 bits per heavy atom. The summed E-state index contributed by atoms with van der Waals surface area (Å²) in [6.45, 7) is 8.26. The van der Waals surface area contributed by atoms with E-state index in [2.05, 4.69) is 39.0 Å². The van der Waals surface area contributed by atoms with Crippen molar-refractivity contribution >= 4 is 17.8 Å². The summed E-state index contributed by atoms with van der Waals surface area (Å²) < 4.78 is 5.32. The molecule has 0 unspecified atom stereocenters. The highest BCUT2D eigenvalue weighted by atomic mass is 16.5. The lowest BCUT2D eigenvalue weighted by Gasteiger charge is -2.26. The summed E-state index contributed by atoms with van der Waals surface area (Å²) in [5, 5.41) is 3.22. The minimum absolute atomic E-state index is 0.257. The van der Waals surface area contributed by atoms with Crippen molar-refractivity contribution in [2.75, 3.05) is 48.8 Å². The maximum atomic E-state index is 5.76. The quantitative estimate of drug-likeness (QED) is 0.755. The predicted molar refractivity (Wildman–Crippen MR) is 79.8 cm³/mol. The standard InChI is InChI=1S/C13H24N6O/c1-10(2)4-3-5-15-12-16-11(14)17-13(18-12)19-6-8-20-9-7-19/h10H,3-9H2,1-2H3,(H3,14,15,16,17,18). The number of nitrogens with two attached hydrogens (primary N) is 1. The van der Waals surface area contributed by atoms with Crippen LogP contribution in [-0.4, -0.2) is 47.8 Å². The van der Waals surface area contributed by atoms with E-state index in [1.165, 1.54) is 6.42 Å². The van der Waals surface area contributed by atoms with Gasteiger partial charge in [-0.15, -0.1) is 0 Å². The van der Waals surface area contributed by atoms with Crippen molar-refractivity contribution in [3.63, 3.8) is 0 Å². The Hall–Kier alpha value is -1.63. The lowest BCUT2D eigenvalue weighted by atomic mass is 10.1. The topological polar surface area (TPSA) is 89.2 Å². The molecule has 2 rings (SSSR count). The van der Waals surface area contributed by atoms with E-state index >= 15 is 0 Å². The van der Waals surface area contributed by atoms with Crippen molar-refractivity contribution in [2.45, 2.75) is 26.7 Å². The fourth-order valence-electron chi connectivity index (χ4n) is 2.08.